The fraction of sp³-hybridized carbons (Fsp3) is 0.842. The molecule has 0 fully saturated rings. The van der Waals surface area contributed by atoms with Gasteiger partial charge in [-0.25, -0.2) is 4.79 Å². The quantitative estimate of drug-likeness (QED) is 0.336. The van der Waals surface area contributed by atoms with E-state index in [1.54, 1.807) is 13.0 Å². The molecular formula is C19H36O3. The zero-order valence-corrected chi connectivity index (χ0v) is 15.5. The van der Waals surface area contributed by atoms with E-state index in [4.69, 9.17) is 4.74 Å². The molecule has 0 spiro atoms. The van der Waals surface area contributed by atoms with Crippen molar-refractivity contribution in [1.82, 2.24) is 0 Å². The van der Waals surface area contributed by atoms with Gasteiger partial charge in [-0.15, -0.1) is 0 Å². The number of carbonyl (C=O) groups is 1. The Hall–Kier alpha value is -0.830. The summed E-state index contributed by atoms with van der Waals surface area (Å²) in [7, 11) is 0. The molecule has 0 rings (SSSR count). The molecule has 0 atom stereocenters. The number of hydrogen-bond donors (Lipinski definition) is 1. The summed E-state index contributed by atoms with van der Waals surface area (Å²) in [6.07, 6.45) is 8.66. The van der Waals surface area contributed by atoms with Crippen LogP contribution in [0.3, 0.4) is 0 Å². The third kappa shape index (κ3) is 9.99. The monoisotopic (exact) mass is 312 g/mol. The highest BCUT2D eigenvalue weighted by Crippen LogP contribution is 2.26. The SMILES string of the molecule is CC=C(C)C(=O)OCC(C)(C)CCCCCCC(C)(C)CO. The van der Waals surface area contributed by atoms with Gasteiger partial charge in [-0.05, 0) is 37.5 Å². The van der Waals surface area contributed by atoms with Crippen molar-refractivity contribution >= 4 is 5.97 Å². The number of esters is 1. The van der Waals surface area contributed by atoms with E-state index in [9.17, 15) is 9.90 Å². The van der Waals surface area contributed by atoms with Gasteiger partial charge in [0.1, 0.15) is 0 Å². The second-order valence-corrected chi connectivity index (χ2v) is 7.95. The third-order valence-electron chi connectivity index (χ3n) is 4.23. The minimum atomic E-state index is -0.207. The van der Waals surface area contributed by atoms with Gasteiger partial charge < -0.3 is 9.84 Å². The van der Waals surface area contributed by atoms with Gasteiger partial charge in [0.2, 0.25) is 0 Å². The molecule has 0 amide bonds. The second kappa shape index (κ2) is 10.0. The second-order valence-electron chi connectivity index (χ2n) is 7.95. The van der Waals surface area contributed by atoms with Crippen molar-refractivity contribution < 1.29 is 14.6 Å². The number of unbranched alkanes of at least 4 members (excludes halogenated alkanes) is 3. The topological polar surface area (TPSA) is 46.5 Å². The van der Waals surface area contributed by atoms with Crippen LogP contribution < -0.4 is 0 Å². The van der Waals surface area contributed by atoms with E-state index in [2.05, 4.69) is 27.7 Å². The maximum atomic E-state index is 11.6. The van der Waals surface area contributed by atoms with Crippen molar-refractivity contribution in [1.29, 1.82) is 0 Å². The molecule has 1 N–H and O–H groups in total. The van der Waals surface area contributed by atoms with Crippen molar-refractivity contribution in [3.05, 3.63) is 11.6 Å². The smallest absolute Gasteiger partial charge is 0.333 e. The maximum Gasteiger partial charge on any atom is 0.333 e. The molecule has 3 nitrogen and oxygen atoms in total. The largest absolute Gasteiger partial charge is 0.462 e. The van der Waals surface area contributed by atoms with E-state index in [1.807, 2.05) is 6.92 Å². The number of aliphatic hydroxyl groups excluding tert-OH is 1. The van der Waals surface area contributed by atoms with Gasteiger partial charge in [-0.3, -0.25) is 0 Å². The summed E-state index contributed by atoms with van der Waals surface area (Å²) < 4.78 is 5.36. The van der Waals surface area contributed by atoms with Crippen LogP contribution in [0.25, 0.3) is 0 Å². The maximum absolute atomic E-state index is 11.6. The number of hydrogen-bond acceptors (Lipinski definition) is 3. The first-order valence-corrected chi connectivity index (χ1v) is 8.54. The molecule has 0 aromatic rings. The van der Waals surface area contributed by atoms with Crippen LogP contribution in [0.2, 0.25) is 0 Å². The van der Waals surface area contributed by atoms with Crippen molar-refractivity contribution in [2.24, 2.45) is 10.8 Å². The standard InChI is InChI=1S/C19H36O3/c1-7-16(2)17(21)22-15-19(5,6)13-11-9-8-10-12-18(3,4)14-20/h7,20H,8-15H2,1-6H3. The third-order valence-corrected chi connectivity index (χ3v) is 4.23. The van der Waals surface area contributed by atoms with Gasteiger partial charge in [-0.1, -0.05) is 59.5 Å². The average Bonchev–Trinajstić information content (AvgIpc) is 2.47. The predicted octanol–water partition coefficient (Wildman–Crippen LogP) is 4.88. The van der Waals surface area contributed by atoms with E-state index in [-0.39, 0.29) is 23.4 Å². The van der Waals surface area contributed by atoms with Crippen LogP contribution >= 0.6 is 0 Å². The van der Waals surface area contributed by atoms with Crippen LogP contribution in [0.1, 0.15) is 80.1 Å². The molecule has 0 radical (unpaired) electrons. The highest BCUT2D eigenvalue weighted by molar-refractivity contribution is 5.87. The molecule has 0 aliphatic heterocycles. The summed E-state index contributed by atoms with van der Waals surface area (Å²) in [5.41, 5.74) is 0.758. The summed E-state index contributed by atoms with van der Waals surface area (Å²) >= 11 is 0. The Balaban J connectivity index is 3.83. The Morgan fingerprint density at radius 2 is 1.50 bits per heavy atom. The van der Waals surface area contributed by atoms with Crippen LogP contribution in [0.4, 0.5) is 0 Å². The zero-order valence-electron chi connectivity index (χ0n) is 15.5. The van der Waals surface area contributed by atoms with Gasteiger partial charge in [0, 0.05) is 12.2 Å². The molecule has 0 aliphatic carbocycles. The van der Waals surface area contributed by atoms with Crippen LogP contribution in [-0.4, -0.2) is 24.3 Å². The number of allylic oxidation sites excluding steroid dienone is 1. The molecule has 3 heteroatoms. The van der Waals surface area contributed by atoms with Gasteiger partial charge in [-0.2, -0.15) is 0 Å². The summed E-state index contributed by atoms with van der Waals surface area (Å²) in [4.78, 5) is 11.6. The summed E-state index contributed by atoms with van der Waals surface area (Å²) in [5.74, 6) is -0.207. The molecular weight excluding hydrogens is 276 g/mol. The Morgan fingerprint density at radius 3 is 1.95 bits per heavy atom. The molecule has 0 aromatic carbocycles. The first-order chi connectivity index (χ1) is 10.1. The molecule has 22 heavy (non-hydrogen) atoms. The van der Waals surface area contributed by atoms with Crippen molar-refractivity contribution in [2.75, 3.05) is 13.2 Å². The minimum Gasteiger partial charge on any atom is -0.462 e. The molecule has 0 heterocycles. The number of carbonyl (C=O) groups excluding carboxylic acids is 1. The Labute approximate surface area is 137 Å². The fourth-order valence-electron chi connectivity index (χ4n) is 2.20. The number of ether oxygens (including phenoxy) is 1. The van der Waals surface area contributed by atoms with E-state index >= 15 is 0 Å². The fourth-order valence-corrected chi connectivity index (χ4v) is 2.20. The lowest BCUT2D eigenvalue weighted by Crippen LogP contribution is -2.22. The van der Waals surface area contributed by atoms with Crippen LogP contribution in [0.15, 0.2) is 11.6 Å². The summed E-state index contributed by atoms with van der Waals surface area (Å²) in [6.45, 7) is 12.9. The molecule has 130 valence electrons. The Bertz CT molecular complexity index is 354. The van der Waals surface area contributed by atoms with Crippen molar-refractivity contribution in [3.63, 3.8) is 0 Å². The van der Waals surface area contributed by atoms with E-state index in [0.717, 1.165) is 19.3 Å². The normalized spacial score (nSPS) is 13.3. The first kappa shape index (κ1) is 21.2. The van der Waals surface area contributed by atoms with Gasteiger partial charge in [0.15, 0.2) is 0 Å². The highest BCUT2D eigenvalue weighted by atomic mass is 16.5. The zero-order chi connectivity index (χ0) is 17.2. The predicted molar refractivity (Wildman–Crippen MR) is 92.7 cm³/mol. The molecule has 0 aliphatic rings. The lowest BCUT2D eigenvalue weighted by molar-refractivity contribution is -0.142. The molecule has 0 saturated heterocycles. The summed E-state index contributed by atoms with van der Waals surface area (Å²) in [5, 5.41) is 9.22. The lowest BCUT2D eigenvalue weighted by atomic mass is 9.86. The van der Waals surface area contributed by atoms with E-state index in [0.29, 0.717) is 12.2 Å². The van der Waals surface area contributed by atoms with E-state index in [1.165, 1.54) is 19.3 Å². The molecule has 0 unspecified atom stereocenters. The van der Waals surface area contributed by atoms with Crippen molar-refractivity contribution in [3.8, 4) is 0 Å². The van der Waals surface area contributed by atoms with Crippen molar-refractivity contribution in [2.45, 2.75) is 80.1 Å². The van der Waals surface area contributed by atoms with Crippen LogP contribution in [0, 0.1) is 10.8 Å². The average molecular weight is 312 g/mol. The highest BCUT2D eigenvalue weighted by Gasteiger charge is 2.20. The van der Waals surface area contributed by atoms with Crippen LogP contribution in [0.5, 0.6) is 0 Å². The molecule has 0 aromatic heterocycles. The molecule has 0 bridgehead atoms. The number of rotatable bonds is 11. The lowest BCUT2D eigenvalue weighted by Gasteiger charge is -2.24. The Morgan fingerprint density at radius 1 is 1.00 bits per heavy atom. The van der Waals surface area contributed by atoms with Gasteiger partial charge in [0.05, 0.1) is 6.61 Å². The first-order valence-electron chi connectivity index (χ1n) is 8.54. The molecule has 0 saturated carbocycles. The number of aliphatic hydroxyl groups is 1. The Kier molecular flexibility index (Phi) is 9.66. The van der Waals surface area contributed by atoms with Gasteiger partial charge >= 0.3 is 5.97 Å². The van der Waals surface area contributed by atoms with Crippen LogP contribution in [-0.2, 0) is 9.53 Å². The van der Waals surface area contributed by atoms with Gasteiger partial charge in [0.25, 0.3) is 0 Å². The van der Waals surface area contributed by atoms with E-state index < -0.39 is 0 Å². The summed E-state index contributed by atoms with van der Waals surface area (Å²) in [6, 6.07) is 0. The minimum absolute atomic E-state index is 0.0358.